The molecule has 2 aromatic heterocycles. The third-order valence-corrected chi connectivity index (χ3v) is 4.26. The van der Waals surface area contributed by atoms with E-state index in [1.165, 1.54) is 16.7 Å². The number of halogens is 1. The van der Waals surface area contributed by atoms with Gasteiger partial charge in [0.25, 0.3) is 5.91 Å². The van der Waals surface area contributed by atoms with E-state index >= 15 is 0 Å². The van der Waals surface area contributed by atoms with Crippen LogP contribution in [0.4, 0.5) is 10.1 Å². The van der Waals surface area contributed by atoms with Gasteiger partial charge in [0.05, 0.1) is 5.69 Å². The van der Waals surface area contributed by atoms with Gasteiger partial charge in [-0.1, -0.05) is 13.0 Å². The van der Waals surface area contributed by atoms with Crippen molar-refractivity contribution in [1.82, 2.24) is 9.38 Å². The molecule has 1 N–H and O–H groups in total. The number of anilines is 1. The van der Waals surface area contributed by atoms with Crippen LogP contribution >= 0.6 is 11.8 Å². The molecule has 0 saturated carbocycles. The van der Waals surface area contributed by atoms with Crippen molar-refractivity contribution in [3.8, 4) is 0 Å². The second-order valence-corrected chi connectivity index (χ2v) is 5.90. The van der Waals surface area contributed by atoms with E-state index in [1.807, 2.05) is 37.4 Å². The molecule has 0 aliphatic rings. The van der Waals surface area contributed by atoms with Crippen molar-refractivity contribution in [2.24, 2.45) is 0 Å². The van der Waals surface area contributed by atoms with Crippen LogP contribution in [0.25, 0.3) is 5.65 Å². The average molecular weight is 329 g/mol. The zero-order valence-electron chi connectivity index (χ0n) is 12.8. The van der Waals surface area contributed by atoms with Gasteiger partial charge in [-0.3, -0.25) is 9.20 Å². The van der Waals surface area contributed by atoms with Crippen LogP contribution in [0.5, 0.6) is 0 Å². The Balaban J connectivity index is 2.01. The maximum Gasteiger partial charge on any atom is 0.274 e. The maximum atomic E-state index is 13.5. The number of carbonyl (C=O) groups excluding carboxylic acids is 1. The molecule has 2 heterocycles. The number of fused-ring (bicyclic) bond motifs is 1. The Morgan fingerprint density at radius 1 is 1.35 bits per heavy atom. The number of amides is 1. The Kier molecular flexibility index (Phi) is 4.34. The molecule has 0 saturated heterocycles. The fourth-order valence-electron chi connectivity index (χ4n) is 2.45. The Bertz CT molecular complexity index is 875. The zero-order chi connectivity index (χ0) is 16.4. The minimum absolute atomic E-state index is 0.293. The lowest BCUT2D eigenvalue weighted by Gasteiger charge is -2.08. The quantitative estimate of drug-likeness (QED) is 0.736. The first-order chi connectivity index (χ1) is 11.1. The monoisotopic (exact) mass is 329 g/mol. The number of carbonyl (C=O) groups is 1. The van der Waals surface area contributed by atoms with E-state index in [0.29, 0.717) is 29.1 Å². The molecule has 0 fully saturated rings. The highest BCUT2D eigenvalue weighted by Gasteiger charge is 2.18. The summed E-state index contributed by atoms with van der Waals surface area (Å²) in [4.78, 5) is 18.1. The zero-order valence-corrected chi connectivity index (χ0v) is 13.7. The van der Waals surface area contributed by atoms with Gasteiger partial charge in [-0.05, 0) is 43.0 Å². The largest absolute Gasteiger partial charge is 0.321 e. The number of hydrogen-bond donors (Lipinski definition) is 1. The highest BCUT2D eigenvalue weighted by atomic mass is 32.2. The van der Waals surface area contributed by atoms with Crippen LogP contribution in [0, 0.1) is 5.82 Å². The first-order valence-corrected chi connectivity index (χ1v) is 8.46. The van der Waals surface area contributed by atoms with Gasteiger partial charge < -0.3 is 5.32 Å². The Morgan fingerprint density at radius 3 is 2.91 bits per heavy atom. The molecular formula is C17H16FN3OS. The van der Waals surface area contributed by atoms with Crippen LogP contribution in [-0.2, 0) is 6.42 Å². The van der Waals surface area contributed by atoms with Crippen molar-refractivity contribution >= 4 is 29.0 Å². The van der Waals surface area contributed by atoms with Crippen molar-refractivity contribution in [2.75, 3.05) is 11.6 Å². The van der Waals surface area contributed by atoms with Gasteiger partial charge in [-0.2, -0.15) is 0 Å². The van der Waals surface area contributed by atoms with E-state index in [2.05, 4.69) is 10.3 Å². The number of rotatable bonds is 4. The summed E-state index contributed by atoms with van der Waals surface area (Å²) in [7, 11) is 0. The number of imidazole rings is 1. The van der Waals surface area contributed by atoms with Gasteiger partial charge in [0, 0.05) is 16.8 Å². The molecule has 23 heavy (non-hydrogen) atoms. The number of aryl methyl sites for hydroxylation is 1. The highest BCUT2D eigenvalue weighted by Crippen LogP contribution is 2.21. The lowest BCUT2D eigenvalue weighted by Crippen LogP contribution is -2.16. The number of hydrogen-bond acceptors (Lipinski definition) is 3. The van der Waals surface area contributed by atoms with Crippen LogP contribution in [-0.4, -0.2) is 21.5 Å². The number of nitrogens with one attached hydrogen (secondary N) is 1. The molecule has 0 atom stereocenters. The Labute approximate surface area is 137 Å². The van der Waals surface area contributed by atoms with E-state index in [-0.39, 0.29) is 5.91 Å². The predicted molar refractivity (Wildman–Crippen MR) is 90.7 cm³/mol. The molecule has 1 amide bonds. The average Bonchev–Trinajstić information content (AvgIpc) is 2.92. The van der Waals surface area contributed by atoms with Crippen LogP contribution in [0.1, 0.15) is 23.1 Å². The summed E-state index contributed by atoms with van der Waals surface area (Å²) in [5, 5.41) is 2.87. The third kappa shape index (κ3) is 3.07. The van der Waals surface area contributed by atoms with Crippen LogP contribution in [0.2, 0.25) is 0 Å². The Hall–Kier alpha value is -2.34. The highest BCUT2D eigenvalue weighted by molar-refractivity contribution is 7.98. The van der Waals surface area contributed by atoms with Gasteiger partial charge in [0.15, 0.2) is 0 Å². The van der Waals surface area contributed by atoms with Crippen molar-refractivity contribution in [3.63, 3.8) is 0 Å². The number of nitrogens with zero attached hydrogens (tertiary/aromatic N) is 2. The van der Waals surface area contributed by atoms with Crippen LogP contribution in [0.15, 0.2) is 47.5 Å². The van der Waals surface area contributed by atoms with E-state index < -0.39 is 5.82 Å². The lowest BCUT2D eigenvalue weighted by atomic mass is 10.2. The lowest BCUT2D eigenvalue weighted by molar-refractivity contribution is 0.102. The molecule has 1 aromatic carbocycles. The van der Waals surface area contributed by atoms with Gasteiger partial charge >= 0.3 is 0 Å². The van der Waals surface area contributed by atoms with E-state index in [9.17, 15) is 9.18 Å². The number of benzene rings is 1. The SMILES string of the molecule is CCc1nc2ccc(F)cn2c1C(=O)Nc1cccc(SC)c1. The third-order valence-electron chi connectivity index (χ3n) is 3.53. The van der Waals surface area contributed by atoms with E-state index in [1.54, 1.807) is 17.8 Å². The summed E-state index contributed by atoms with van der Waals surface area (Å²) < 4.78 is 15.0. The van der Waals surface area contributed by atoms with Gasteiger partial charge in [-0.25, -0.2) is 9.37 Å². The predicted octanol–water partition coefficient (Wildman–Crippen LogP) is 4.01. The maximum absolute atomic E-state index is 13.5. The molecule has 0 unspecified atom stereocenters. The fraction of sp³-hybridized carbons (Fsp3) is 0.176. The Morgan fingerprint density at radius 2 is 2.17 bits per heavy atom. The summed E-state index contributed by atoms with van der Waals surface area (Å²) >= 11 is 1.60. The number of pyridine rings is 1. The standard InChI is InChI=1S/C17H16FN3OS/c1-3-14-16(21-10-11(18)7-8-15(21)20-14)17(22)19-12-5-4-6-13(9-12)23-2/h4-10H,3H2,1-2H3,(H,19,22). The minimum atomic E-state index is -0.406. The van der Waals surface area contributed by atoms with Crippen molar-refractivity contribution in [1.29, 1.82) is 0 Å². The molecule has 3 aromatic rings. The van der Waals surface area contributed by atoms with Crippen LogP contribution < -0.4 is 5.32 Å². The minimum Gasteiger partial charge on any atom is -0.321 e. The first-order valence-electron chi connectivity index (χ1n) is 7.24. The van der Waals surface area contributed by atoms with Gasteiger partial charge in [-0.15, -0.1) is 11.8 Å². The summed E-state index contributed by atoms with van der Waals surface area (Å²) in [6.45, 7) is 1.92. The molecule has 4 nitrogen and oxygen atoms in total. The molecule has 3 rings (SSSR count). The van der Waals surface area contributed by atoms with Gasteiger partial charge in [0.1, 0.15) is 17.2 Å². The molecular weight excluding hydrogens is 313 g/mol. The second kappa shape index (κ2) is 6.42. The fourth-order valence-corrected chi connectivity index (χ4v) is 2.90. The van der Waals surface area contributed by atoms with Crippen molar-refractivity contribution in [2.45, 2.75) is 18.2 Å². The molecule has 118 valence electrons. The van der Waals surface area contributed by atoms with E-state index in [0.717, 1.165) is 4.90 Å². The summed E-state index contributed by atoms with van der Waals surface area (Å²) in [5.41, 5.74) is 2.28. The summed E-state index contributed by atoms with van der Waals surface area (Å²) in [6, 6.07) is 10.5. The topological polar surface area (TPSA) is 46.4 Å². The van der Waals surface area contributed by atoms with Gasteiger partial charge in [0.2, 0.25) is 0 Å². The number of aromatic nitrogens is 2. The first kappa shape index (κ1) is 15.6. The molecule has 0 aliphatic heterocycles. The smallest absolute Gasteiger partial charge is 0.274 e. The molecule has 0 bridgehead atoms. The molecule has 0 spiro atoms. The summed E-state index contributed by atoms with van der Waals surface area (Å²) in [5.74, 6) is -0.700. The van der Waals surface area contributed by atoms with Crippen molar-refractivity contribution in [3.05, 3.63) is 59.8 Å². The summed E-state index contributed by atoms with van der Waals surface area (Å²) in [6.07, 6.45) is 3.86. The number of thioether (sulfide) groups is 1. The van der Waals surface area contributed by atoms with E-state index in [4.69, 9.17) is 0 Å². The molecule has 0 radical (unpaired) electrons. The molecule has 0 aliphatic carbocycles. The normalized spacial score (nSPS) is 10.9. The second-order valence-electron chi connectivity index (χ2n) is 5.02. The van der Waals surface area contributed by atoms with Crippen LogP contribution in [0.3, 0.4) is 0 Å². The molecule has 6 heteroatoms. The van der Waals surface area contributed by atoms with Crippen molar-refractivity contribution < 1.29 is 9.18 Å².